The molecule has 1 fully saturated rings. The predicted molar refractivity (Wildman–Crippen MR) is 125 cm³/mol. The molecule has 1 aliphatic rings. The molecule has 0 aromatic heterocycles. The summed E-state index contributed by atoms with van der Waals surface area (Å²) in [5.41, 5.74) is 1.18. The SMILES string of the molecule is O=C(OC(C(=O)Nc1ccc(F)cc1)c1ccccc1)C1CCCN(C(=O)c2ccc(F)cc2)C1. The Labute approximate surface area is 201 Å². The molecule has 1 N–H and O–H groups in total. The number of piperidine rings is 1. The van der Waals surface area contributed by atoms with E-state index in [4.69, 9.17) is 4.74 Å². The Balaban J connectivity index is 1.46. The number of carbonyl (C=O) groups is 3. The summed E-state index contributed by atoms with van der Waals surface area (Å²) >= 11 is 0. The third-order valence-corrected chi connectivity index (χ3v) is 5.82. The second kappa shape index (κ2) is 10.9. The van der Waals surface area contributed by atoms with Crippen molar-refractivity contribution in [2.45, 2.75) is 18.9 Å². The van der Waals surface area contributed by atoms with E-state index in [1.54, 1.807) is 35.2 Å². The second-order valence-electron chi connectivity index (χ2n) is 8.32. The standard InChI is InChI=1S/C27H24F2N2O4/c28-21-10-8-19(9-11-21)26(33)31-16-4-7-20(17-31)27(34)35-24(18-5-2-1-3-6-18)25(32)30-23-14-12-22(29)13-15-23/h1-3,5-6,8-15,20,24H,4,7,16-17H2,(H,30,32). The molecular weight excluding hydrogens is 454 g/mol. The van der Waals surface area contributed by atoms with Crippen LogP contribution in [0.5, 0.6) is 0 Å². The van der Waals surface area contributed by atoms with Crippen LogP contribution in [0.1, 0.15) is 34.9 Å². The van der Waals surface area contributed by atoms with Gasteiger partial charge in [-0.2, -0.15) is 0 Å². The van der Waals surface area contributed by atoms with Gasteiger partial charge in [0.2, 0.25) is 6.10 Å². The van der Waals surface area contributed by atoms with Gasteiger partial charge in [0.15, 0.2) is 0 Å². The monoisotopic (exact) mass is 478 g/mol. The number of hydrogen-bond donors (Lipinski definition) is 1. The number of nitrogens with one attached hydrogen (secondary N) is 1. The Hall–Kier alpha value is -4.07. The zero-order chi connectivity index (χ0) is 24.8. The summed E-state index contributed by atoms with van der Waals surface area (Å²) in [6.45, 7) is 0.600. The van der Waals surface area contributed by atoms with Crippen LogP contribution in [0.2, 0.25) is 0 Å². The van der Waals surface area contributed by atoms with Crippen LogP contribution in [0.3, 0.4) is 0 Å². The summed E-state index contributed by atoms with van der Waals surface area (Å²) in [6.07, 6.45) is -0.130. The highest BCUT2D eigenvalue weighted by Gasteiger charge is 2.33. The molecule has 0 aliphatic carbocycles. The second-order valence-corrected chi connectivity index (χ2v) is 8.32. The number of esters is 1. The lowest BCUT2D eigenvalue weighted by atomic mass is 9.97. The summed E-state index contributed by atoms with van der Waals surface area (Å²) in [7, 11) is 0. The molecule has 35 heavy (non-hydrogen) atoms. The van der Waals surface area contributed by atoms with Gasteiger partial charge in [-0.05, 0) is 61.4 Å². The minimum Gasteiger partial charge on any atom is -0.447 e. The van der Waals surface area contributed by atoms with Crippen molar-refractivity contribution in [2.24, 2.45) is 5.92 Å². The lowest BCUT2D eigenvalue weighted by Crippen LogP contribution is -2.43. The van der Waals surface area contributed by atoms with Crippen LogP contribution in [0, 0.1) is 17.6 Å². The number of ether oxygens (including phenoxy) is 1. The number of carbonyl (C=O) groups excluding carboxylic acids is 3. The van der Waals surface area contributed by atoms with Gasteiger partial charge in [-0.1, -0.05) is 30.3 Å². The Morgan fingerprint density at radius 2 is 1.51 bits per heavy atom. The average Bonchev–Trinajstić information content (AvgIpc) is 2.89. The molecule has 0 saturated carbocycles. The molecule has 1 aliphatic heterocycles. The lowest BCUT2D eigenvalue weighted by Gasteiger charge is -2.32. The number of nitrogens with zero attached hydrogens (tertiary/aromatic N) is 1. The van der Waals surface area contributed by atoms with Gasteiger partial charge < -0.3 is 15.0 Å². The van der Waals surface area contributed by atoms with Crippen LogP contribution in [0.25, 0.3) is 0 Å². The van der Waals surface area contributed by atoms with Gasteiger partial charge in [0.25, 0.3) is 11.8 Å². The highest BCUT2D eigenvalue weighted by molar-refractivity contribution is 5.96. The molecule has 2 unspecified atom stereocenters. The fourth-order valence-corrected chi connectivity index (χ4v) is 3.98. The van der Waals surface area contributed by atoms with E-state index >= 15 is 0 Å². The molecule has 0 radical (unpaired) electrons. The first kappa shape index (κ1) is 24.1. The lowest BCUT2D eigenvalue weighted by molar-refractivity contribution is -0.160. The van der Waals surface area contributed by atoms with Crippen molar-refractivity contribution in [2.75, 3.05) is 18.4 Å². The summed E-state index contributed by atoms with van der Waals surface area (Å²) in [6, 6.07) is 19.1. The predicted octanol–water partition coefficient (Wildman–Crippen LogP) is 4.74. The van der Waals surface area contributed by atoms with Crippen LogP contribution in [-0.2, 0) is 14.3 Å². The molecule has 3 aromatic rings. The zero-order valence-electron chi connectivity index (χ0n) is 18.8. The molecule has 6 nitrogen and oxygen atoms in total. The summed E-state index contributed by atoms with van der Waals surface area (Å²) in [5.74, 6) is -2.95. The van der Waals surface area contributed by atoms with Crippen molar-refractivity contribution in [1.82, 2.24) is 4.90 Å². The van der Waals surface area contributed by atoms with E-state index in [2.05, 4.69) is 5.32 Å². The molecule has 4 rings (SSSR count). The van der Waals surface area contributed by atoms with E-state index in [0.29, 0.717) is 36.2 Å². The van der Waals surface area contributed by atoms with Crippen molar-refractivity contribution in [3.05, 3.63) is 102 Å². The molecule has 2 atom stereocenters. The molecule has 0 spiro atoms. The number of amides is 2. The van der Waals surface area contributed by atoms with Gasteiger partial charge in [0.1, 0.15) is 11.6 Å². The first-order valence-corrected chi connectivity index (χ1v) is 11.3. The molecule has 0 bridgehead atoms. The van der Waals surface area contributed by atoms with Crippen LogP contribution < -0.4 is 5.32 Å². The number of benzene rings is 3. The van der Waals surface area contributed by atoms with Crippen molar-refractivity contribution >= 4 is 23.5 Å². The molecule has 3 aromatic carbocycles. The largest absolute Gasteiger partial charge is 0.447 e. The van der Waals surface area contributed by atoms with Gasteiger partial charge >= 0.3 is 5.97 Å². The first-order chi connectivity index (χ1) is 16.9. The van der Waals surface area contributed by atoms with E-state index in [1.165, 1.54) is 48.5 Å². The van der Waals surface area contributed by atoms with Crippen molar-refractivity contribution in [3.8, 4) is 0 Å². The van der Waals surface area contributed by atoms with E-state index in [-0.39, 0.29) is 12.5 Å². The van der Waals surface area contributed by atoms with Crippen LogP contribution >= 0.6 is 0 Å². The number of anilines is 1. The number of rotatable bonds is 6. The third kappa shape index (κ3) is 6.09. The van der Waals surface area contributed by atoms with Gasteiger partial charge in [0.05, 0.1) is 5.92 Å². The van der Waals surface area contributed by atoms with E-state index in [9.17, 15) is 23.2 Å². The highest BCUT2D eigenvalue weighted by atomic mass is 19.1. The molecule has 2 amide bonds. The fourth-order valence-electron chi connectivity index (χ4n) is 3.98. The minimum atomic E-state index is -1.23. The number of hydrogen-bond acceptors (Lipinski definition) is 4. The maximum absolute atomic E-state index is 13.2. The minimum absolute atomic E-state index is 0.135. The fraction of sp³-hybridized carbons (Fsp3) is 0.222. The Kier molecular flexibility index (Phi) is 7.50. The van der Waals surface area contributed by atoms with Crippen molar-refractivity contribution < 1.29 is 27.9 Å². The summed E-state index contributed by atoms with van der Waals surface area (Å²) in [5, 5.41) is 2.65. The summed E-state index contributed by atoms with van der Waals surface area (Å²) < 4.78 is 32.1. The number of halogens is 2. The zero-order valence-corrected chi connectivity index (χ0v) is 18.8. The maximum atomic E-state index is 13.2. The van der Waals surface area contributed by atoms with Gasteiger partial charge in [-0.25, -0.2) is 8.78 Å². The normalized spacial score (nSPS) is 16.3. The Morgan fingerprint density at radius 1 is 0.886 bits per heavy atom. The van der Waals surface area contributed by atoms with Gasteiger partial charge in [0, 0.05) is 29.9 Å². The van der Waals surface area contributed by atoms with Crippen molar-refractivity contribution in [1.29, 1.82) is 0 Å². The molecular formula is C27H24F2N2O4. The quantitative estimate of drug-likeness (QED) is 0.520. The first-order valence-electron chi connectivity index (χ1n) is 11.3. The molecule has 8 heteroatoms. The van der Waals surface area contributed by atoms with E-state index in [0.717, 1.165) is 0 Å². The van der Waals surface area contributed by atoms with Crippen molar-refractivity contribution in [3.63, 3.8) is 0 Å². The van der Waals surface area contributed by atoms with E-state index in [1.807, 2.05) is 0 Å². The average molecular weight is 478 g/mol. The van der Waals surface area contributed by atoms with Gasteiger partial charge in [-0.15, -0.1) is 0 Å². The van der Waals surface area contributed by atoms with Crippen LogP contribution in [-0.4, -0.2) is 35.8 Å². The molecule has 180 valence electrons. The van der Waals surface area contributed by atoms with E-state index < -0.39 is 35.5 Å². The Morgan fingerprint density at radius 3 is 2.17 bits per heavy atom. The maximum Gasteiger partial charge on any atom is 0.311 e. The molecule has 1 saturated heterocycles. The number of likely N-dealkylation sites (tertiary alicyclic amines) is 1. The molecule has 1 heterocycles. The Bertz CT molecular complexity index is 1180. The van der Waals surface area contributed by atoms with Gasteiger partial charge in [-0.3, -0.25) is 14.4 Å². The smallest absolute Gasteiger partial charge is 0.311 e. The highest BCUT2D eigenvalue weighted by Crippen LogP contribution is 2.26. The topological polar surface area (TPSA) is 75.7 Å². The van der Waals surface area contributed by atoms with Crippen LogP contribution in [0.4, 0.5) is 14.5 Å². The summed E-state index contributed by atoms with van der Waals surface area (Å²) in [4.78, 5) is 40.5. The van der Waals surface area contributed by atoms with Crippen LogP contribution in [0.15, 0.2) is 78.9 Å². The third-order valence-electron chi connectivity index (χ3n) is 5.82.